The Balaban J connectivity index is 2.51. The number of nitrogens with two attached hydrogens (primary N) is 1. The second-order valence-corrected chi connectivity index (χ2v) is 5.42. The number of para-hydroxylation sites is 1. The smallest absolute Gasteiger partial charge is 0.230 e. The van der Waals surface area contributed by atoms with Crippen LogP contribution in [0.25, 0.3) is 0 Å². The summed E-state index contributed by atoms with van der Waals surface area (Å²) < 4.78 is 0. The highest BCUT2D eigenvalue weighted by atomic mass is 16.4. The van der Waals surface area contributed by atoms with Crippen molar-refractivity contribution in [1.82, 2.24) is 0 Å². The number of amides is 1. The number of anilines is 1. The van der Waals surface area contributed by atoms with Crippen LogP contribution in [0, 0.1) is 11.3 Å². The van der Waals surface area contributed by atoms with Gasteiger partial charge in [0.25, 0.3) is 0 Å². The maximum absolute atomic E-state index is 12.0. The van der Waals surface area contributed by atoms with Crippen LogP contribution in [0.2, 0.25) is 0 Å². The number of carboxylic acid groups (broad SMARTS) is 1. The van der Waals surface area contributed by atoms with Gasteiger partial charge in [-0.05, 0) is 25.0 Å². The Morgan fingerprint density at radius 1 is 1.30 bits per heavy atom. The first-order chi connectivity index (χ1) is 11.1. The molecule has 6 nitrogen and oxygen atoms in total. The van der Waals surface area contributed by atoms with Gasteiger partial charge in [0.15, 0.2) is 0 Å². The van der Waals surface area contributed by atoms with Gasteiger partial charge < -0.3 is 20.5 Å². The molecule has 0 saturated heterocycles. The number of nitrogens with zero attached hydrogens (tertiary/aromatic N) is 1. The number of benzene rings is 1. The molecule has 23 heavy (non-hydrogen) atoms. The monoisotopic (exact) mass is 317 g/mol. The van der Waals surface area contributed by atoms with Crippen LogP contribution in [0.1, 0.15) is 44.6 Å². The molecule has 124 valence electrons. The third-order valence-corrected chi connectivity index (χ3v) is 3.54. The second-order valence-electron chi connectivity index (χ2n) is 5.42. The molecule has 0 spiro atoms. The number of carbonyl (C=O) groups excluding carboxylic acids is 2. The lowest BCUT2D eigenvalue weighted by atomic mass is 10.1. The zero-order valence-electron chi connectivity index (χ0n) is 13.4. The molecule has 0 radical (unpaired) electrons. The number of unbranched alkanes of at least 4 members (excludes halogenated alkanes) is 3. The predicted octanol–water partition coefficient (Wildman–Crippen LogP) is 0.149. The van der Waals surface area contributed by atoms with Gasteiger partial charge in [-0.15, -0.1) is 0 Å². The fraction of sp³-hybridized carbons (Fsp3) is 0.471. The first-order valence-electron chi connectivity index (χ1n) is 7.91. The summed E-state index contributed by atoms with van der Waals surface area (Å²) in [7, 11) is 0. The fourth-order valence-electron chi connectivity index (χ4n) is 2.24. The van der Waals surface area contributed by atoms with Gasteiger partial charge >= 0.3 is 0 Å². The van der Waals surface area contributed by atoms with Crippen molar-refractivity contribution in [1.29, 1.82) is 5.26 Å². The average Bonchev–Trinajstić information content (AvgIpc) is 2.53. The van der Waals surface area contributed by atoms with E-state index < -0.39 is 17.9 Å². The SMILES string of the molecule is CCCCCC[NH2+][C@@H](CC(=O)Nc1ccccc1C#N)C(=O)[O-]. The van der Waals surface area contributed by atoms with E-state index in [2.05, 4.69) is 12.2 Å². The van der Waals surface area contributed by atoms with E-state index in [0.717, 1.165) is 25.7 Å². The van der Waals surface area contributed by atoms with E-state index in [1.807, 2.05) is 6.07 Å². The van der Waals surface area contributed by atoms with E-state index in [1.54, 1.807) is 29.6 Å². The van der Waals surface area contributed by atoms with Crippen LogP contribution in [0.15, 0.2) is 24.3 Å². The van der Waals surface area contributed by atoms with Crippen molar-refractivity contribution in [3.05, 3.63) is 29.8 Å². The van der Waals surface area contributed by atoms with Gasteiger partial charge in [0.1, 0.15) is 12.1 Å². The molecule has 6 heteroatoms. The molecule has 1 aromatic carbocycles. The highest BCUT2D eigenvalue weighted by Gasteiger charge is 2.18. The summed E-state index contributed by atoms with van der Waals surface area (Å²) in [6.07, 6.45) is 4.01. The summed E-state index contributed by atoms with van der Waals surface area (Å²) in [5, 5.41) is 24.4. The van der Waals surface area contributed by atoms with Gasteiger partial charge in [-0.25, -0.2) is 0 Å². The van der Waals surface area contributed by atoms with Crippen LogP contribution in [0.4, 0.5) is 5.69 Å². The minimum atomic E-state index is -1.25. The Morgan fingerprint density at radius 2 is 2.04 bits per heavy atom. The summed E-state index contributed by atoms with van der Waals surface area (Å²) >= 11 is 0. The summed E-state index contributed by atoms with van der Waals surface area (Å²) in [6, 6.07) is 7.67. The van der Waals surface area contributed by atoms with Gasteiger partial charge in [0.05, 0.1) is 30.2 Å². The minimum absolute atomic E-state index is 0.185. The first kappa shape index (κ1) is 18.7. The summed E-state index contributed by atoms with van der Waals surface area (Å²) in [5.74, 6) is -1.68. The van der Waals surface area contributed by atoms with Crippen molar-refractivity contribution in [2.24, 2.45) is 0 Å². The molecular formula is C17H23N3O3. The molecule has 0 aromatic heterocycles. The molecule has 0 bridgehead atoms. The van der Waals surface area contributed by atoms with Crippen LogP contribution >= 0.6 is 0 Å². The van der Waals surface area contributed by atoms with Crippen LogP contribution in [0.3, 0.4) is 0 Å². The standard InChI is InChI=1S/C17H23N3O3/c1-2-3-4-7-10-19-15(17(22)23)11-16(21)20-14-9-6-5-8-13(14)12-18/h5-6,8-9,15,19H,2-4,7,10-11H2,1H3,(H,20,21)(H,22,23)/t15-/m0/s1. The van der Waals surface area contributed by atoms with Crippen LogP contribution in [0.5, 0.6) is 0 Å². The molecule has 1 amide bonds. The van der Waals surface area contributed by atoms with E-state index in [-0.39, 0.29) is 6.42 Å². The lowest BCUT2D eigenvalue weighted by molar-refractivity contribution is -0.682. The molecule has 1 atom stereocenters. The topological polar surface area (TPSA) is 110 Å². The van der Waals surface area contributed by atoms with Crippen LogP contribution in [-0.4, -0.2) is 24.5 Å². The van der Waals surface area contributed by atoms with Crippen LogP contribution in [-0.2, 0) is 9.59 Å². The molecular weight excluding hydrogens is 294 g/mol. The number of quaternary nitrogens is 1. The largest absolute Gasteiger partial charge is 0.544 e. The predicted molar refractivity (Wildman–Crippen MR) is 84.1 cm³/mol. The number of nitriles is 1. The zero-order valence-corrected chi connectivity index (χ0v) is 13.4. The Kier molecular flexibility index (Phi) is 8.40. The van der Waals surface area contributed by atoms with Gasteiger partial charge in [-0.1, -0.05) is 31.9 Å². The molecule has 1 rings (SSSR count). The molecule has 0 aliphatic rings. The van der Waals surface area contributed by atoms with Gasteiger partial charge in [0.2, 0.25) is 5.91 Å². The van der Waals surface area contributed by atoms with E-state index in [1.165, 1.54) is 0 Å². The highest BCUT2D eigenvalue weighted by Crippen LogP contribution is 2.13. The molecule has 0 aliphatic carbocycles. The normalized spacial score (nSPS) is 11.5. The number of carboxylic acids is 1. The number of carbonyl (C=O) groups is 2. The Bertz CT molecular complexity index is 566. The van der Waals surface area contributed by atoms with Gasteiger partial charge in [-0.2, -0.15) is 5.26 Å². The maximum atomic E-state index is 12.0. The third-order valence-electron chi connectivity index (χ3n) is 3.54. The van der Waals surface area contributed by atoms with E-state index >= 15 is 0 Å². The number of nitrogens with one attached hydrogen (secondary N) is 1. The van der Waals surface area contributed by atoms with Gasteiger partial charge in [0, 0.05) is 0 Å². The summed E-state index contributed by atoms with van der Waals surface area (Å²) in [5.41, 5.74) is 0.731. The Labute approximate surface area is 136 Å². The molecule has 0 saturated carbocycles. The molecule has 0 unspecified atom stereocenters. The van der Waals surface area contributed by atoms with Crippen molar-refractivity contribution >= 4 is 17.6 Å². The van der Waals surface area contributed by atoms with Crippen molar-refractivity contribution in [3.8, 4) is 6.07 Å². The van der Waals surface area contributed by atoms with Crippen molar-refractivity contribution in [2.45, 2.75) is 45.1 Å². The van der Waals surface area contributed by atoms with Crippen molar-refractivity contribution < 1.29 is 20.0 Å². The van der Waals surface area contributed by atoms with E-state index in [4.69, 9.17) is 5.26 Å². The number of aliphatic carboxylic acids is 1. The summed E-state index contributed by atoms with van der Waals surface area (Å²) in [6.45, 7) is 2.76. The second kappa shape index (κ2) is 10.4. The van der Waals surface area contributed by atoms with E-state index in [9.17, 15) is 14.7 Å². The Hall–Kier alpha value is -2.39. The number of hydrogen-bond donors (Lipinski definition) is 2. The lowest BCUT2D eigenvalue weighted by Gasteiger charge is -2.16. The van der Waals surface area contributed by atoms with Crippen molar-refractivity contribution in [3.63, 3.8) is 0 Å². The number of rotatable bonds is 10. The average molecular weight is 317 g/mol. The highest BCUT2D eigenvalue weighted by molar-refractivity contribution is 5.94. The third kappa shape index (κ3) is 6.94. The minimum Gasteiger partial charge on any atom is -0.544 e. The van der Waals surface area contributed by atoms with Crippen LogP contribution < -0.4 is 15.7 Å². The maximum Gasteiger partial charge on any atom is 0.230 e. The molecule has 0 fully saturated rings. The summed E-state index contributed by atoms with van der Waals surface area (Å²) in [4.78, 5) is 23.2. The molecule has 0 aliphatic heterocycles. The number of hydrogen-bond acceptors (Lipinski definition) is 4. The van der Waals surface area contributed by atoms with Gasteiger partial charge in [-0.3, -0.25) is 4.79 Å². The van der Waals surface area contributed by atoms with Crippen molar-refractivity contribution in [2.75, 3.05) is 11.9 Å². The molecule has 3 N–H and O–H groups in total. The fourth-order valence-corrected chi connectivity index (χ4v) is 2.24. The zero-order chi connectivity index (χ0) is 17.1. The lowest BCUT2D eigenvalue weighted by Crippen LogP contribution is -2.93. The Morgan fingerprint density at radius 3 is 2.70 bits per heavy atom. The van der Waals surface area contributed by atoms with E-state index in [0.29, 0.717) is 17.8 Å². The quantitative estimate of drug-likeness (QED) is 0.598. The first-order valence-corrected chi connectivity index (χ1v) is 7.91. The molecule has 0 heterocycles. The molecule has 1 aromatic rings.